The van der Waals surface area contributed by atoms with E-state index in [0.29, 0.717) is 0 Å². The van der Waals surface area contributed by atoms with Crippen LogP contribution in [0.3, 0.4) is 0 Å². The van der Waals surface area contributed by atoms with E-state index < -0.39 is 419 Å². The van der Waals surface area contributed by atoms with Crippen molar-refractivity contribution in [1.29, 1.82) is 0 Å². The largest absolute Gasteiger partial charge is 0.102 e. The fraction of sp³-hybridized carbons (Fsp3) is 0. The van der Waals surface area contributed by atoms with E-state index in [1.807, 2.05) is 0 Å². The molecule has 65 unspecified atom stereocenters. The number of hydrogen-bond donors (Lipinski definition) is 0. The smallest absolute Gasteiger partial charge is 0.000000170 e. The molecule has 0 rings (SSSR count). The molecule has 0 N–H and O–H groups in total. The summed E-state index contributed by atoms with van der Waals surface area (Å²) in [4.78, 5) is 0. The molecular formula is H124P122. The van der Waals surface area contributed by atoms with Crippen LogP contribution in [0.2, 0.25) is 0 Å². The van der Waals surface area contributed by atoms with Crippen LogP contribution in [0.5, 0.6) is 0 Å². The van der Waals surface area contributed by atoms with Crippen molar-refractivity contribution in [2.24, 2.45) is 0 Å². The van der Waals surface area contributed by atoms with Gasteiger partial charge in [0.05, 0.1) is 0 Å². The van der Waals surface area contributed by atoms with Gasteiger partial charge in [0.25, 0.3) is 0 Å². The van der Waals surface area contributed by atoms with Crippen LogP contribution in [0.15, 0.2) is 0 Å². The lowest BCUT2D eigenvalue weighted by Gasteiger charge is -2.65. The van der Waals surface area contributed by atoms with Gasteiger partial charge >= 0.3 is 0 Å². The van der Waals surface area contributed by atoms with Gasteiger partial charge in [-0.25, -0.2) is 0 Å². The standard InChI is InChI=1S/H124P122/c1-63(2)94(64(3)4)109(93(61)62)117(110(95(65(5)6)66(7)8)96(67(9)10)68(11)12)121(118(111(97(69(13)14)70(15)16)98(71(17)18)72(19)20)112(99(73(21)22)74(23)24)100(75(25)26)76(27)28)122(119(113(101(77(29)30)78(31)32)102(79(33)34)80(35)36)114(103(81(37)38)82(39)40)104(83(41)42)84(43)44)120(115(105(85(45)46)86(47)48)106(87(49)50)88(51)52)116(107(89(53)54)90(55)56)108(91(57)58)92(59)60/h1-62H2. The Bertz CT molecular complexity index is 2150. The topological polar surface area (TPSA) is 0 Å². The summed E-state index contributed by atoms with van der Waals surface area (Å²) in [6.07, 6.45) is 0. The highest BCUT2D eigenvalue weighted by Gasteiger charge is 2.70. The van der Waals surface area contributed by atoms with Crippen molar-refractivity contribution < 1.29 is 0 Å². The predicted octanol–water partition coefficient (Wildman–Crippen LogP) is 71.9. The third-order valence-electron chi connectivity index (χ3n) is 10.9. The molecule has 0 fully saturated rings. The fourth-order valence-corrected chi connectivity index (χ4v) is 1850. The summed E-state index contributed by atoms with van der Waals surface area (Å²) < 4.78 is 0. The molecule has 122 heavy (non-hydrogen) atoms. The third-order valence-corrected chi connectivity index (χ3v) is 882. The van der Waals surface area contributed by atoms with Gasteiger partial charge in [-0.2, -0.15) is 0 Å². The first-order valence-electron chi connectivity index (χ1n) is 27.8. The van der Waals surface area contributed by atoms with E-state index in [0.717, 1.165) is 0 Å². The summed E-state index contributed by atoms with van der Waals surface area (Å²) in [5, 5.41) is 0. The fourth-order valence-electron chi connectivity index (χ4n) is 7.61. The van der Waals surface area contributed by atoms with Gasteiger partial charge in [0.15, 0.2) is 0 Å². The first kappa shape index (κ1) is 174. The van der Waals surface area contributed by atoms with E-state index in [2.05, 4.69) is 554 Å². The van der Waals surface area contributed by atoms with Crippen molar-refractivity contribution in [2.75, 3.05) is 0 Å². The second-order valence-corrected chi connectivity index (χ2v) is 528. The molecule has 0 bridgehead atoms. The molecule has 0 aromatic heterocycles. The minimum atomic E-state index is -0.835. The van der Waals surface area contributed by atoms with Gasteiger partial charge < -0.3 is 0 Å². The SMILES string of the molecule is PP(P)P(P(P)P)P(P(P)P)P(P(P(P(P)P)P(P)P)P(P(P)P)P(P)P)P(P(P(P(P(P)P)P(P)P)P(P(P)P)P(P)P)P(P(P(P)P)P(P)P)P(P(P)P)P(P)P)P(P(P(P(P(P)P)P(P)P)P(P(P)P)P(P)P)P(P(P(P)P)P(P)P)P(P(P)P)P(P)P)P(P(P(P(P)P)P(P)P)P(P(P)P)P(P)P)P(P(P(P)P)P(P)P)P(P(P)P)P(P)P. The number of rotatable bonds is 59. The molecule has 0 heterocycles. The zero-order valence-corrected chi connectivity index (χ0v) is 188. The first-order valence-corrected chi connectivity index (χ1v) is 250. The number of hydrogen-bond acceptors (Lipinski definition) is 0. The van der Waals surface area contributed by atoms with E-state index in [9.17, 15) is 0 Å². The van der Waals surface area contributed by atoms with Crippen LogP contribution in [-0.2, 0) is 0 Å². The van der Waals surface area contributed by atoms with Crippen LogP contribution in [0, 0.1) is 0 Å². The van der Waals surface area contributed by atoms with Crippen LogP contribution in [0.25, 0.3) is 0 Å². The quantitative estimate of drug-likeness (QED) is 0.0533. The van der Waals surface area contributed by atoms with Crippen LogP contribution < -0.4 is 0 Å². The summed E-state index contributed by atoms with van der Waals surface area (Å²) >= 11 is 0. The summed E-state index contributed by atoms with van der Waals surface area (Å²) in [7, 11) is 243. The average molecular weight is 3900 g/mol. The van der Waals surface area contributed by atoms with Crippen LogP contribution in [0.4, 0.5) is 0 Å². The molecule has 0 amide bonds. The Morgan fingerprint density at radius 2 is 0.0738 bits per heavy atom. The maximum absolute atomic E-state index is 4.10. The molecule has 0 aliphatic rings. The highest BCUT2D eigenvalue weighted by Crippen LogP contribution is 3.57. The summed E-state index contributed by atoms with van der Waals surface area (Å²) in [6, 6.07) is 0. The molecule has 0 aromatic rings. The minimum Gasteiger partial charge on any atom is -0.102 e. The molecule has 65 atom stereocenters. The van der Waals surface area contributed by atoms with Gasteiger partial charge in [-0.1, -0.05) is 0 Å². The molecule has 0 nitrogen and oxygen atoms in total. The Kier molecular flexibility index (Phi) is 137. The maximum Gasteiger partial charge on any atom is -0.000000170 e. The molecule has 0 spiro atoms. The molecule has 0 aromatic carbocycles. The molecule has 0 saturated carbocycles. The van der Waals surface area contributed by atoms with Gasteiger partial charge in [-0.05, 0) is 419 Å². The highest BCUT2D eigenvalue weighted by molar-refractivity contribution is 9.63. The summed E-state index contributed by atoms with van der Waals surface area (Å²) in [5.41, 5.74) is 0. The first-order chi connectivity index (χ1) is 55.5. The van der Waals surface area contributed by atoms with Gasteiger partial charge in [-0.15, -0.1) is 554 Å². The van der Waals surface area contributed by atoms with Crippen molar-refractivity contribution in [2.45, 2.75) is 0 Å². The van der Waals surface area contributed by atoms with Crippen molar-refractivity contribution in [3.05, 3.63) is 0 Å². The van der Waals surface area contributed by atoms with Crippen LogP contribution >= 0.6 is 973 Å². The zero-order chi connectivity index (χ0) is 96.6. The van der Waals surface area contributed by atoms with Gasteiger partial charge in [-0.3, -0.25) is 0 Å². The Morgan fingerprint density at radius 3 is 0.123 bits per heavy atom. The Labute approximate surface area is 956 Å². The third kappa shape index (κ3) is 60.9. The Morgan fingerprint density at radius 1 is 0.0410 bits per heavy atom. The van der Waals surface area contributed by atoms with E-state index in [1.54, 1.807) is 0 Å². The average Bonchev–Trinajstić information content (AvgIpc) is 0.700. The van der Waals surface area contributed by atoms with Crippen LogP contribution in [-0.4, -0.2) is 0 Å². The predicted molar refractivity (Wildman–Crippen MR) is 1020 cm³/mol. The zero-order valence-electron chi connectivity index (χ0n) is 62.6. The van der Waals surface area contributed by atoms with E-state index in [4.69, 9.17) is 0 Å². The van der Waals surface area contributed by atoms with Crippen molar-refractivity contribution in [3.63, 3.8) is 0 Å². The molecule has 0 radical (unpaired) electrons. The Balaban J connectivity index is 16.8. The summed E-state index contributed by atoms with van der Waals surface area (Å²) in [5.74, 6) is 0. The van der Waals surface area contributed by atoms with Gasteiger partial charge in [0.2, 0.25) is 0 Å². The molecular weight excluding hydrogens is 3780 g/mol. The van der Waals surface area contributed by atoms with E-state index in [-0.39, 0.29) is 0 Å². The van der Waals surface area contributed by atoms with Crippen LogP contribution in [0.1, 0.15) is 0 Å². The van der Waals surface area contributed by atoms with Gasteiger partial charge in [0.1, 0.15) is 0 Å². The van der Waals surface area contributed by atoms with E-state index >= 15 is 0 Å². The Hall–Kier alpha value is 52.5. The molecule has 0 aliphatic heterocycles. The lowest BCUT2D eigenvalue weighted by Crippen LogP contribution is -1.78. The molecule has 734 valence electrons. The molecule has 0 saturated heterocycles. The monoisotopic (exact) mass is 3900 g/mol. The van der Waals surface area contributed by atoms with Gasteiger partial charge in [0, 0.05) is 0 Å². The van der Waals surface area contributed by atoms with E-state index in [1.165, 1.54) is 0 Å². The second kappa shape index (κ2) is 95.5. The van der Waals surface area contributed by atoms with Crippen molar-refractivity contribution in [3.8, 4) is 0 Å². The maximum atomic E-state index is 4.10. The normalized spacial score (nSPS) is 15.5. The lowest BCUT2D eigenvalue weighted by molar-refractivity contribution is 4.28. The molecule has 122 heteroatoms. The summed E-state index contributed by atoms with van der Waals surface area (Å²) in [6.45, 7) is -33.7. The second-order valence-electron chi connectivity index (χ2n) is 19.6. The van der Waals surface area contributed by atoms with Crippen molar-refractivity contribution in [1.82, 2.24) is 0 Å². The molecule has 0 aliphatic carbocycles. The lowest BCUT2D eigenvalue weighted by atomic mass is 28.3. The van der Waals surface area contributed by atoms with Crippen molar-refractivity contribution >= 4 is 973 Å². The highest BCUT2D eigenvalue weighted by atomic mass is 33.7. The minimum absolute atomic E-state index is 0.500.